The number of phenols is 1. The fourth-order valence-electron chi connectivity index (χ4n) is 1.59. The molecule has 19 heavy (non-hydrogen) atoms. The number of aromatic hydroxyl groups is 1. The number of amides is 1. The van der Waals surface area contributed by atoms with Crippen molar-refractivity contribution in [3.05, 3.63) is 41.6 Å². The summed E-state index contributed by atoms with van der Waals surface area (Å²) in [5, 5.41) is 16.0. The fraction of sp³-hybridized carbons (Fsp3) is 0.0833. The van der Waals surface area contributed by atoms with Crippen molar-refractivity contribution in [1.82, 2.24) is 9.78 Å². The molecule has 0 unspecified atom stereocenters. The molecule has 1 aromatic heterocycles. The molecule has 1 heterocycles. The molecule has 0 aliphatic rings. The molecule has 2 rings (SSSR count). The SMILES string of the molecule is Cn1ncc(C(N)=S)c1NC(=O)c1cccc(O)c1. The third-order valence-electron chi connectivity index (χ3n) is 2.54. The van der Waals surface area contributed by atoms with E-state index in [1.165, 1.54) is 23.0 Å². The van der Waals surface area contributed by atoms with Gasteiger partial charge in [-0.15, -0.1) is 0 Å². The van der Waals surface area contributed by atoms with Crippen molar-refractivity contribution in [1.29, 1.82) is 0 Å². The Morgan fingerprint density at radius 1 is 1.53 bits per heavy atom. The Hall–Kier alpha value is -2.41. The highest BCUT2D eigenvalue weighted by molar-refractivity contribution is 7.80. The van der Waals surface area contributed by atoms with Crippen LogP contribution >= 0.6 is 12.2 Å². The molecule has 7 heteroatoms. The monoisotopic (exact) mass is 276 g/mol. The molecule has 0 aliphatic heterocycles. The number of aryl methyl sites for hydroxylation is 1. The molecule has 1 aromatic carbocycles. The van der Waals surface area contributed by atoms with E-state index in [1.54, 1.807) is 19.2 Å². The van der Waals surface area contributed by atoms with Crippen LogP contribution in [0.25, 0.3) is 0 Å². The Kier molecular flexibility index (Phi) is 3.48. The molecular weight excluding hydrogens is 264 g/mol. The van der Waals surface area contributed by atoms with E-state index in [-0.39, 0.29) is 16.6 Å². The zero-order valence-electron chi connectivity index (χ0n) is 10.1. The Morgan fingerprint density at radius 3 is 2.89 bits per heavy atom. The number of carbonyl (C=O) groups is 1. The molecule has 0 atom stereocenters. The summed E-state index contributed by atoms with van der Waals surface area (Å²) in [7, 11) is 1.67. The van der Waals surface area contributed by atoms with E-state index in [4.69, 9.17) is 18.0 Å². The van der Waals surface area contributed by atoms with Crippen molar-refractivity contribution in [2.45, 2.75) is 0 Å². The molecule has 0 saturated heterocycles. The fourth-order valence-corrected chi connectivity index (χ4v) is 1.74. The number of benzene rings is 1. The van der Waals surface area contributed by atoms with Gasteiger partial charge >= 0.3 is 0 Å². The second-order valence-electron chi connectivity index (χ2n) is 3.90. The molecule has 2 aromatic rings. The summed E-state index contributed by atoms with van der Waals surface area (Å²) in [5.74, 6) is 0.0602. The number of aromatic nitrogens is 2. The van der Waals surface area contributed by atoms with Crippen molar-refractivity contribution in [2.24, 2.45) is 12.8 Å². The van der Waals surface area contributed by atoms with Crippen LogP contribution in [0.5, 0.6) is 5.75 Å². The predicted octanol–water partition coefficient (Wildman–Crippen LogP) is 1.01. The Morgan fingerprint density at radius 2 is 2.26 bits per heavy atom. The predicted molar refractivity (Wildman–Crippen MR) is 75.2 cm³/mol. The number of thiocarbonyl (C=S) groups is 1. The standard InChI is InChI=1S/C12H12N4O2S/c1-16-11(9(6-14-16)10(13)19)15-12(18)7-3-2-4-8(17)5-7/h2-6,17H,1H3,(H2,13,19)(H,15,18). The minimum atomic E-state index is -0.378. The van der Waals surface area contributed by atoms with Crippen LogP contribution in [0.3, 0.4) is 0 Å². The van der Waals surface area contributed by atoms with Crippen LogP contribution in [0.4, 0.5) is 5.82 Å². The molecule has 0 saturated carbocycles. The van der Waals surface area contributed by atoms with Gasteiger partial charge in [-0.2, -0.15) is 5.10 Å². The van der Waals surface area contributed by atoms with E-state index in [2.05, 4.69) is 10.4 Å². The van der Waals surface area contributed by atoms with Gasteiger partial charge in [0.2, 0.25) is 0 Å². The number of phenolic OH excluding ortho intramolecular Hbond substituents is 1. The molecule has 4 N–H and O–H groups in total. The first-order chi connectivity index (χ1) is 8.99. The van der Waals surface area contributed by atoms with Gasteiger partial charge in [0.1, 0.15) is 16.6 Å². The summed E-state index contributed by atoms with van der Waals surface area (Å²) in [5.41, 5.74) is 6.37. The highest BCUT2D eigenvalue weighted by atomic mass is 32.1. The lowest BCUT2D eigenvalue weighted by molar-refractivity contribution is 0.102. The maximum atomic E-state index is 12.0. The number of nitrogens with one attached hydrogen (secondary N) is 1. The summed E-state index contributed by atoms with van der Waals surface area (Å²) in [6.45, 7) is 0. The second-order valence-corrected chi connectivity index (χ2v) is 4.34. The van der Waals surface area contributed by atoms with Crippen LogP contribution in [0.2, 0.25) is 0 Å². The zero-order valence-corrected chi connectivity index (χ0v) is 10.9. The van der Waals surface area contributed by atoms with Crippen molar-refractivity contribution < 1.29 is 9.90 Å². The first-order valence-electron chi connectivity index (χ1n) is 5.41. The molecule has 1 amide bonds. The van der Waals surface area contributed by atoms with Gasteiger partial charge in [0.05, 0.1) is 11.8 Å². The summed E-state index contributed by atoms with van der Waals surface area (Å²) < 4.78 is 1.47. The lowest BCUT2D eigenvalue weighted by atomic mass is 10.2. The zero-order chi connectivity index (χ0) is 14.0. The quantitative estimate of drug-likeness (QED) is 0.728. The van der Waals surface area contributed by atoms with Crippen LogP contribution in [0, 0.1) is 0 Å². The smallest absolute Gasteiger partial charge is 0.256 e. The summed E-state index contributed by atoms with van der Waals surface area (Å²) >= 11 is 4.89. The molecule has 98 valence electrons. The van der Waals surface area contributed by atoms with Crippen LogP contribution in [-0.2, 0) is 7.05 Å². The molecular formula is C12H12N4O2S. The van der Waals surface area contributed by atoms with Gasteiger partial charge in [0, 0.05) is 12.6 Å². The average molecular weight is 276 g/mol. The number of hydrogen-bond acceptors (Lipinski definition) is 4. The summed E-state index contributed by atoms with van der Waals surface area (Å²) in [6, 6.07) is 6.03. The first-order valence-corrected chi connectivity index (χ1v) is 5.82. The first kappa shape index (κ1) is 13.0. The third kappa shape index (κ3) is 2.71. The maximum absolute atomic E-state index is 12.0. The van der Waals surface area contributed by atoms with Crippen LogP contribution < -0.4 is 11.1 Å². The molecule has 0 aliphatic carbocycles. The third-order valence-corrected chi connectivity index (χ3v) is 2.76. The maximum Gasteiger partial charge on any atom is 0.256 e. The molecule has 0 bridgehead atoms. The highest BCUT2D eigenvalue weighted by Crippen LogP contribution is 2.17. The van der Waals surface area contributed by atoms with Crippen molar-refractivity contribution in [2.75, 3.05) is 5.32 Å². The van der Waals surface area contributed by atoms with E-state index in [9.17, 15) is 9.90 Å². The van der Waals surface area contributed by atoms with Gasteiger partial charge in [-0.25, -0.2) is 0 Å². The van der Waals surface area contributed by atoms with E-state index >= 15 is 0 Å². The summed E-state index contributed by atoms with van der Waals surface area (Å²) in [6.07, 6.45) is 1.49. The largest absolute Gasteiger partial charge is 0.508 e. The number of nitrogens with zero attached hydrogens (tertiary/aromatic N) is 2. The van der Waals surface area contributed by atoms with Gasteiger partial charge in [-0.3, -0.25) is 9.48 Å². The molecule has 6 nitrogen and oxygen atoms in total. The van der Waals surface area contributed by atoms with Crippen molar-refractivity contribution in [3.63, 3.8) is 0 Å². The van der Waals surface area contributed by atoms with Gasteiger partial charge in [-0.1, -0.05) is 18.3 Å². The lowest BCUT2D eigenvalue weighted by Gasteiger charge is -2.08. The van der Waals surface area contributed by atoms with Crippen LogP contribution in [0.15, 0.2) is 30.5 Å². The van der Waals surface area contributed by atoms with E-state index < -0.39 is 0 Å². The molecule has 0 fully saturated rings. The highest BCUT2D eigenvalue weighted by Gasteiger charge is 2.15. The van der Waals surface area contributed by atoms with E-state index in [0.717, 1.165) is 0 Å². The number of hydrogen-bond donors (Lipinski definition) is 3. The molecule has 0 spiro atoms. The molecule has 0 radical (unpaired) electrons. The minimum absolute atomic E-state index is 0.0206. The topological polar surface area (TPSA) is 93.2 Å². The number of anilines is 1. The number of rotatable bonds is 3. The van der Waals surface area contributed by atoms with E-state index in [0.29, 0.717) is 16.9 Å². The van der Waals surface area contributed by atoms with Crippen molar-refractivity contribution in [3.8, 4) is 5.75 Å². The average Bonchev–Trinajstić information content (AvgIpc) is 2.71. The number of carbonyl (C=O) groups excluding carboxylic acids is 1. The Bertz CT molecular complexity index is 651. The van der Waals surface area contributed by atoms with Crippen molar-refractivity contribution >= 4 is 28.9 Å². The minimum Gasteiger partial charge on any atom is -0.508 e. The van der Waals surface area contributed by atoms with Gasteiger partial charge in [0.15, 0.2) is 0 Å². The van der Waals surface area contributed by atoms with Gasteiger partial charge in [-0.05, 0) is 18.2 Å². The second kappa shape index (κ2) is 5.07. The Balaban J connectivity index is 2.29. The normalized spacial score (nSPS) is 10.2. The summed E-state index contributed by atoms with van der Waals surface area (Å²) in [4.78, 5) is 12.2. The van der Waals surface area contributed by atoms with Gasteiger partial charge in [0.25, 0.3) is 5.91 Å². The Labute approximate surface area is 114 Å². The lowest BCUT2D eigenvalue weighted by Crippen LogP contribution is -2.18. The number of nitrogens with two attached hydrogens (primary N) is 1. The van der Waals surface area contributed by atoms with Crippen LogP contribution in [-0.4, -0.2) is 25.8 Å². The van der Waals surface area contributed by atoms with E-state index in [1.807, 2.05) is 0 Å². The van der Waals surface area contributed by atoms with Crippen LogP contribution in [0.1, 0.15) is 15.9 Å². The van der Waals surface area contributed by atoms with Gasteiger partial charge < -0.3 is 16.2 Å².